The van der Waals surface area contributed by atoms with Gasteiger partial charge >= 0.3 is 0 Å². The fourth-order valence-electron chi connectivity index (χ4n) is 2.66. The molecule has 0 aromatic heterocycles. The monoisotopic (exact) mass is 501 g/mol. The standard InChI is InChI=1S/C20H24FN3O3.HI/c1-3-22-20(23-11-14-5-7-17(25-4-2)16(21)9-14)24-12-15-6-8-18-19(10-15)27-13-26-18;/h5-10H,3-4,11-13H2,1-2H3,(H2,22,23,24);1H. The number of rotatable bonds is 7. The van der Waals surface area contributed by atoms with E-state index < -0.39 is 0 Å². The van der Waals surface area contributed by atoms with E-state index in [1.165, 1.54) is 6.07 Å². The van der Waals surface area contributed by atoms with Crippen LogP contribution in [0.25, 0.3) is 0 Å². The van der Waals surface area contributed by atoms with Crippen molar-refractivity contribution >= 4 is 29.9 Å². The highest BCUT2D eigenvalue weighted by Gasteiger charge is 2.13. The summed E-state index contributed by atoms with van der Waals surface area (Å²) in [5, 5.41) is 6.46. The maximum absolute atomic E-state index is 14.0. The Bertz CT molecular complexity index is 817. The minimum Gasteiger partial charge on any atom is -0.491 e. The summed E-state index contributed by atoms with van der Waals surface area (Å²) in [6, 6.07) is 10.7. The Morgan fingerprint density at radius 1 is 1.07 bits per heavy atom. The zero-order valence-electron chi connectivity index (χ0n) is 16.0. The summed E-state index contributed by atoms with van der Waals surface area (Å²) in [5.74, 6) is 2.06. The first kappa shape index (κ1) is 22.1. The SMILES string of the molecule is CCNC(=NCc1ccc(OCC)c(F)c1)NCc1ccc2c(c1)OCO2.I. The molecule has 0 saturated carbocycles. The lowest BCUT2D eigenvalue weighted by Crippen LogP contribution is -2.36. The second-order valence-corrected chi connectivity index (χ2v) is 5.93. The van der Waals surface area contributed by atoms with Crippen molar-refractivity contribution in [3.63, 3.8) is 0 Å². The molecule has 0 aliphatic carbocycles. The minimum atomic E-state index is -0.372. The number of hydrogen-bond donors (Lipinski definition) is 2. The fraction of sp³-hybridized carbons (Fsp3) is 0.350. The lowest BCUT2D eigenvalue weighted by molar-refractivity contribution is 0.174. The van der Waals surface area contributed by atoms with E-state index in [9.17, 15) is 4.39 Å². The fourth-order valence-corrected chi connectivity index (χ4v) is 2.66. The summed E-state index contributed by atoms with van der Waals surface area (Å²) in [4.78, 5) is 4.52. The van der Waals surface area contributed by atoms with Crippen molar-refractivity contribution in [2.45, 2.75) is 26.9 Å². The van der Waals surface area contributed by atoms with Gasteiger partial charge in [0.25, 0.3) is 0 Å². The molecule has 0 saturated heterocycles. The molecule has 2 aromatic carbocycles. The molecule has 8 heteroatoms. The van der Waals surface area contributed by atoms with Gasteiger partial charge in [0.1, 0.15) is 0 Å². The van der Waals surface area contributed by atoms with Gasteiger partial charge in [0.15, 0.2) is 29.0 Å². The van der Waals surface area contributed by atoms with Crippen LogP contribution in [0.15, 0.2) is 41.4 Å². The zero-order chi connectivity index (χ0) is 19.1. The predicted molar refractivity (Wildman–Crippen MR) is 117 cm³/mol. The Hall–Kier alpha value is -2.23. The smallest absolute Gasteiger partial charge is 0.231 e. The molecule has 0 amide bonds. The van der Waals surface area contributed by atoms with Gasteiger partial charge in [0.05, 0.1) is 13.2 Å². The summed E-state index contributed by atoms with van der Waals surface area (Å²) in [6.45, 7) is 6.18. The van der Waals surface area contributed by atoms with Crippen LogP contribution in [0, 0.1) is 5.82 Å². The molecule has 3 rings (SSSR count). The summed E-state index contributed by atoms with van der Waals surface area (Å²) in [7, 11) is 0. The van der Waals surface area contributed by atoms with E-state index >= 15 is 0 Å². The van der Waals surface area contributed by atoms with Crippen LogP contribution in [0.5, 0.6) is 17.2 Å². The van der Waals surface area contributed by atoms with Crippen molar-refractivity contribution < 1.29 is 18.6 Å². The molecular formula is C20H25FIN3O3. The summed E-state index contributed by atoms with van der Waals surface area (Å²) < 4.78 is 29.9. The first-order valence-electron chi connectivity index (χ1n) is 9.01. The number of benzene rings is 2. The van der Waals surface area contributed by atoms with Crippen LogP contribution in [-0.2, 0) is 13.1 Å². The number of nitrogens with zero attached hydrogens (tertiary/aromatic N) is 1. The average molecular weight is 501 g/mol. The maximum Gasteiger partial charge on any atom is 0.231 e. The van der Waals surface area contributed by atoms with E-state index in [4.69, 9.17) is 14.2 Å². The third kappa shape index (κ3) is 5.88. The zero-order valence-corrected chi connectivity index (χ0v) is 18.3. The second kappa shape index (κ2) is 10.9. The van der Waals surface area contributed by atoms with Crippen LogP contribution in [0.1, 0.15) is 25.0 Å². The van der Waals surface area contributed by atoms with E-state index in [0.29, 0.717) is 25.7 Å². The largest absolute Gasteiger partial charge is 0.491 e. The Morgan fingerprint density at radius 3 is 2.61 bits per heavy atom. The molecule has 2 aromatic rings. The number of halogens is 2. The van der Waals surface area contributed by atoms with Crippen LogP contribution < -0.4 is 24.8 Å². The molecule has 0 fully saturated rings. The van der Waals surface area contributed by atoms with E-state index in [1.54, 1.807) is 6.07 Å². The quantitative estimate of drug-likeness (QED) is 0.343. The third-order valence-electron chi connectivity index (χ3n) is 3.96. The lowest BCUT2D eigenvalue weighted by atomic mass is 10.2. The van der Waals surface area contributed by atoms with Crippen LogP contribution in [0.2, 0.25) is 0 Å². The second-order valence-electron chi connectivity index (χ2n) is 5.93. The van der Waals surface area contributed by atoms with Gasteiger partial charge in [0, 0.05) is 13.1 Å². The molecule has 2 N–H and O–H groups in total. The van der Waals surface area contributed by atoms with Gasteiger partial charge in [-0.15, -0.1) is 24.0 Å². The molecule has 0 radical (unpaired) electrons. The van der Waals surface area contributed by atoms with Gasteiger partial charge in [-0.1, -0.05) is 12.1 Å². The highest BCUT2D eigenvalue weighted by molar-refractivity contribution is 14.0. The van der Waals surface area contributed by atoms with E-state index in [1.807, 2.05) is 38.1 Å². The van der Waals surface area contributed by atoms with Crippen LogP contribution >= 0.6 is 24.0 Å². The normalized spacial score (nSPS) is 12.3. The van der Waals surface area contributed by atoms with Crippen molar-refractivity contribution in [3.05, 3.63) is 53.3 Å². The van der Waals surface area contributed by atoms with Crippen LogP contribution in [0.4, 0.5) is 4.39 Å². The highest BCUT2D eigenvalue weighted by Crippen LogP contribution is 2.32. The van der Waals surface area contributed by atoms with Gasteiger partial charge in [-0.05, 0) is 49.2 Å². The summed E-state index contributed by atoms with van der Waals surface area (Å²) in [5.41, 5.74) is 1.83. The van der Waals surface area contributed by atoms with Gasteiger partial charge in [-0.2, -0.15) is 0 Å². The van der Waals surface area contributed by atoms with Crippen molar-refractivity contribution in [2.75, 3.05) is 19.9 Å². The molecule has 1 heterocycles. The molecule has 0 bridgehead atoms. The Balaban J connectivity index is 0.00000280. The molecule has 28 heavy (non-hydrogen) atoms. The number of fused-ring (bicyclic) bond motifs is 1. The van der Waals surface area contributed by atoms with Gasteiger partial charge in [-0.25, -0.2) is 9.38 Å². The Morgan fingerprint density at radius 2 is 1.86 bits per heavy atom. The molecule has 1 aliphatic rings. The highest BCUT2D eigenvalue weighted by atomic mass is 127. The lowest BCUT2D eigenvalue weighted by Gasteiger charge is -2.12. The average Bonchev–Trinajstić information content (AvgIpc) is 3.14. The Kier molecular flexibility index (Phi) is 8.62. The van der Waals surface area contributed by atoms with E-state index in [0.717, 1.165) is 29.2 Å². The number of ether oxygens (including phenoxy) is 3. The minimum absolute atomic E-state index is 0. The first-order valence-corrected chi connectivity index (χ1v) is 9.01. The van der Waals surface area contributed by atoms with Gasteiger partial charge in [-0.3, -0.25) is 0 Å². The van der Waals surface area contributed by atoms with Crippen LogP contribution in [0.3, 0.4) is 0 Å². The molecule has 0 spiro atoms. The van der Waals surface area contributed by atoms with Crippen molar-refractivity contribution in [1.82, 2.24) is 10.6 Å². The van der Waals surface area contributed by atoms with Crippen molar-refractivity contribution in [3.8, 4) is 17.2 Å². The molecule has 0 unspecified atom stereocenters. The molecule has 0 atom stereocenters. The number of hydrogen-bond acceptors (Lipinski definition) is 4. The van der Waals surface area contributed by atoms with Crippen molar-refractivity contribution in [1.29, 1.82) is 0 Å². The summed E-state index contributed by atoms with van der Waals surface area (Å²) >= 11 is 0. The maximum atomic E-state index is 14.0. The number of nitrogens with one attached hydrogen (secondary N) is 2. The third-order valence-corrected chi connectivity index (χ3v) is 3.96. The molecular weight excluding hydrogens is 476 g/mol. The number of aliphatic imine (C=N–C) groups is 1. The number of guanidine groups is 1. The molecule has 6 nitrogen and oxygen atoms in total. The summed E-state index contributed by atoms with van der Waals surface area (Å²) in [6.07, 6.45) is 0. The molecule has 152 valence electrons. The van der Waals surface area contributed by atoms with Crippen LogP contribution in [-0.4, -0.2) is 25.9 Å². The van der Waals surface area contributed by atoms with Gasteiger partial charge < -0.3 is 24.8 Å². The van der Waals surface area contributed by atoms with E-state index in [2.05, 4.69) is 15.6 Å². The predicted octanol–water partition coefficient (Wildman–Crippen LogP) is 3.83. The topological polar surface area (TPSA) is 64.1 Å². The van der Waals surface area contributed by atoms with Crippen molar-refractivity contribution in [2.24, 2.45) is 4.99 Å². The Labute approximate surface area is 181 Å². The molecule has 1 aliphatic heterocycles. The van der Waals surface area contributed by atoms with E-state index in [-0.39, 0.29) is 42.3 Å². The first-order chi connectivity index (χ1) is 13.2. The van der Waals surface area contributed by atoms with Gasteiger partial charge in [0.2, 0.25) is 6.79 Å².